The molecule has 0 saturated carbocycles. The molecule has 2 heterocycles. The van der Waals surface area contributed by atoms with Crippen molar-refractivity contribution >= 4 is 21.6 Å². The van der Waals surface area contributed by atoms with Gasteiger partial charge in [0.2, 0.25) is 15.9 Å². The molecule has 2 fully saturated rings. The van der Waals surface area contributed by atoms with Crippen molar-refractivity contribution in [3.05, 3.63) is 59.7 Å². The van der Waals surface area contributed by atoms with Gasteiger partial charge in [0.05, 0.1) is 23.6 Å². The summed E-state index contributed by atoms with van der Waals surface area (Å²) in [5.74, 6) is 0.392. The maximum absolute atomic E-state index is 13.9. The normalized spacial score (nSPS) is 23.2. The van der Waals surface area contributed by atoms with E-state index < -0.39 is 15.6 Å². The summed E-state index contributed by atoms with van der Waals surface area (Å²) in [4.78, 5) is 17.7. The molecule has 0 bridgehead atoms. The van der Waals surface area contributed by atoms with Gasteiger partial charge in [0.25, 0.3) is 0 Å². The Morgan fingerprint density at radius 3 is 2.50 bits per heavy atom. The number of likely N-dealkylation sites (tertiary alicyclic amines) is 1. The number of hydrogen-bond acceptors (Lipinski definition) is 5. The number of likely N-dealkylation sites (N-methyl/N-ethyl adjacent to an activating group) is 1. The fourth-order valence-electron chi connectivity index (χ4n) is 5.82. The molecule has 0 radical (unpaired) electrons. The van der Waals surface area contributed by atoms with Crippen LogP contribution in [0.3, 0.4) is 0 Å². The van der Waals surface area contributed by atoms with Crippen LogP contribution in [0, 0.1) is 19.8 Å². The first-order chi connectivity index (χ1) is 18.0. The van der Waals surface area contributed by atoms with E-state index >= 15 is 0 Å². The van der Waals surface area contributed by atoms with Crippen LogP contribution in [0.4, 0.5) is 5.69 Å². The molecule has 1 spiro atoms. The lowest BCUT2D eigenvalue weighted by molar-refractivity contribution is -0.146. The highest BCUT2D eigenvalue weighted by atomic mass is 32.2. The molecule has 0 aliphatic carbocycles. The second-order valence-corrected chi connectivity index (χ2v) is 13.3. The molecular weight excluding hydrogens is 498 g/mol. The summed E-state index contributed by atoms with van der Waals surface area (Å²) in [6, 6.07) is 14.9. The van der Waals surface area contributed by atoms with Crippen LogP contribution < -0.4 is 4.90 Å². The Balaban J connectivity index is 1.53. The van der Waals surface area contributed by atoms with Crippen molar-refractivity contribution < 1.29 is 17.9 Å². The average molecular weight is 542 g/mol. The average Bonchev–Trinajstić information content (AvgIpc) is 2.86. The third-order valence-corrected chi connectivity index (χ3v) is 9.62. The van der Waals surface area contributed by atoms with Crippen LogP contribution in [-0.4, -0.2) is 74.5 Å². The molecule has 0 unspecified atom stereocenters. The Morgan fingerprint density at radius 2 is 1.84 bits per heavy atom. The number of ether oxygens (including phenoxy) is 1. The standard InChI is InChI=1S/C30H43N3O4S/c1-6-32(26-10-7-9-25(5)18-26)29(34)19-31-16-8-15-30(21-31)22-33(27(20-37-30)17-23(2)3)38(35,36)28-13-11-24(4)12-14-28/h7,9-14,18,23,27H,6,8,15-17,19-22H2,1-5H3/t27-,30-/m0/s1. The number of benzene rings is 2. The molecule has 2 aliphatic rings. The number of aryl methyl sites for hydroxylation is 2. The van der Waals surface area contributed by atoms with Gasteiger partial charge < -0.3 is 9.64 Å². The van der Waals surface area contributed by atoms with Crippen LogP contribution >= 0.6 is 0 Å². The van der Waals surface area contributed by atoms with Gasteiger partial charge in [0.15, 0.2) is 0 Å². The molecule has 1 amide bonds. The van der Waals surface area contributed by atoms with E-state index in [1.54, 1.807) is 16.4 Å². The fraction of sp³-hybridized carbons (Fsp3) is 0.567. The van der Waals surface area contributed by atoms with Crippen LogP contribution in [0.5, 0.6) is 0 Å². The first-order valence-electron chi connectivity index (χ1n) is 13.8. The Morgan fingerprint density at radius 1 is 1.11 bits per heavy atom. The summed E-state index contributed by atoms with van der Waals surface area (Å²) in [6.45, 7) is 13.1. The lowest BCUT2D eigenvalue weighted by atomic mass is 9.89. The first kappa shape index (κ1) is 28.7. The highest BCUT2D eigenvalue weighted by Crippen LogP contribution is 2.35. The van der Waals surface area contributed by atoms with E-state index in [1.807, 2.05) is 62.1 Å². The third-order valence-electron chi connectivity index (χ3n) is 7.71. The lowest BCUT2D eigenvalue weighted by Crippen LogP contribution is -2.64. The largest absolute Gasteiger partial charge is 0.371 e. The highest BCUT2D eigenvalue weighted by molar-refractivity contribution is 7.89. The molecule has 2 saturated heterocycles. The predicted octanol–water partition coefficient (Wildman–Crippen LogP) is 4.63. The van der Waals surface area contributed by atoms with Crippen LogP contribution in [0.15, 0.2) is 53.4 Å². The maximum atomic E-state index is 13.9. The minimum atomic E-state index is -3.69. The Bertz CT molecular complexity index is 1210. The summed E-state index contributed by atoms with van der Waals surface area (Å²) in [5, 5.41) is 0. The number of nitrogens with zero attached hydrogens (tertiary/aromatic N) is 3. The summed E-state index contributed by atoms with van der Waals surface area (Å²) >= 11 is 0. The van der Waals surface area contributed by atoms with Gasteiger partial charge >= 0.3 is 0 Å². The van der Waals surface area contributed by atoms with Gasteiger partial charge in [-0.25, -0.2) is 8.42 Å². The smallest absolute Gasteiger partial charge is 0.243 e. The molecule has 2 aromatic rings. The third kappa shape index (κ3) is 6.47. The highest BCUT2D eigenvalue weighted by Gasteiger charge is 2.47. The Hall–Kier alpha value is -2.26. The number of hydrogen-bond donors (Lipinski definition) is 0. The molecule has 38 heavy (non-hydrogen) atoms. The van der Waals surface area contributed by atoms with Crippen molar-refractivity contribution in [2.75, 3.05) is 44.2 Å². The molecule has 8 heteroatoms. The first-order valence-corrected chi connectivity index (χ1v) is 15.3. The number of carbonyl (C=O) groups is 1. The molecule has 2 aliphatic heterocycles. The van der Waals surface area contributed by atoms with Gasteiger partial charge in [0.1, 0.15) is 0 Å². The van der Waals surface area contributed by atoms with E-state index in [1.165, 1.54) is 0 Å². The quantitative estimate of drug-likeness (QED) is 0.488. The number of morpholine rings is 1. The minimum Gasteiger partial charge on any atom is -0.371 e. The maximum Gasteiger partial charge on any atom is 0.243 e. The van der Waals surface area contributed by atoms with Gasteiger partial charge in [-0.15, -0.1) is 0 Å². The van der Waals surface area contributed by atoms with E-state index in [-0.39, 0.29) is 18.5 Å². The second-order valence-electron chi connectivity index (χ2n) is 11.4. The number of carbonyl (C=O) groups excluding carboxylic acids is 1. The topological polar surface area (TPSA) is 70.2 Å². The van der Waals surface area contributed by atoms with Crippen molar-refractivity contribution in [1.82, 2.24) is 9.21 Å². The summed E-state index contributed by atoms with van der Waals surface area (Å²) in [6.07, 6.45) is 2.38. The molecule has 2 aromatic carbocycles. The van der Waals surface area contributed by atoms with Gasteiger partial charge in [-0.05, 0) is 82.3 Å². The predicted molar refractivity (Wildman–Crippen MR) is 152 cm³/mol. The molecule has 0 N–H and O–H groups in total. The van der Waals surface area contributed by atoms with Crippen LogP contribution in [0.2, 0.25) is 0 Å². The van der Waals surface area contributed by atoms with Crippen molar-refractivity contribution in [1.29, 1.82) is 0 Å². The molecule has 2 atom stereocenters. The van der Waals surface area contributed by atoms with Crippen LogP contribution in [0.25, 0.3) is 0 Å². The number of amides is 1. The summed E-state index contributed by atoms with van der Waals surface area (Å²) < 4.78 is 36.0. The lowest BCUT2D eigenvalue weighted by Gasteiger charge is -2.50. The van der Waals surface area contributed by atoms with Gasteiger partial charge in [-0.2, -0.15) is 4.31 Å². The van der Waals surface area contributed by atoms with E-state index in [0.29, 0.717) is 37.1 Å². The van der Waals surface area contributed by atoms with E-state index in [4.69, 9.17) is 4.74 Å². The van der Waals surface area contributed by atoms with Crippen molar-refractivity contribution in [2.24, 2.45) is 5.92 Å². The molecule has 0 aromatic heterocycles. The van der Waals surface area contributed by atoms with Crippen molar-refractivity contribution in [2.45, 2.75) is 70.4 Å². The fourth-order valence-corrected chi connectivity index (χ4v) is 7.51. The number of anilines is 1. The van der Waals surface area contributed by atoms with Crippen LogP contribution in [-0.2, 0) is 19.6 Å². The zero-order chi connectivity index (χ0) is 27.5. The molecule has 7 nitrogen and oxygen atoms in total. The van der Waals surface area contributed by atoms with Gasteiger partial charge in [-0.1, -0.05) is 43.7 Å². The van der Waals surface area contributed by atoms with Gasteiger partial charge in [0, 0.05) is 31.4 Å². The van der Waals surface area contributed by atoms with E-state index in [0.717, 1.165) is 42.6 Å². The minimum absolute atomic E-state index is 0.0489. The second kappa shape index (κ2) is 11.9. The summed E-state index contributed by atoms with van der Waals surface area (Å²) in [7, 11) is -3.69. The van der Waals surface area contributed by atoms with E-state index in [9.17, 15) is 13.2 Å². The van der Waals surface area contributed by atoms with E-state index in [2.05, 4.69) is 18.7 Å². The Labute approximate surface area is 228 Å². The SMILES string of the molecule is CCN(C(=O)CN1CCC[C@]2(C1)CN(S(=O)(=O)c1ccc(C)cc1)[C@@H](CC(C)C)CO2)c1cccc(C)c1. The Kier molecular flexibility index (Phi) is 8.97. The van der Waals surface area contributed by atoms with Crippen molar-refractivity contribution in [3.63, 3.8) is 0 Å². The zero-order valence-electron chi connectivity index (χ0n) is 23.5. The number of sulfonamides is 1. The number of rotatable bonds is 8. The zero-order valence-corrected chi connectivity index (χ0v) is 24.3. The van der Waals surface area contributed by atoms with Gasteiger partial charge in [-0.3, -0.25) is 9.69 Å². The molecular formula is C30H43N3O4S. The molecule has 4 rings (SSSR count). The van der Waals surface area contributed by atoms with Crippen LogP contribution in [0.1, 0.15) is 51.2 Å². The number of piperidine rings is 1. The molecule has 208 valence electrons. The summed E-state index contributed by atoms with van der Waals surface area (Å²) in [5.41, 5.74) is 2.43. The van der Waals surface area contributed by atoms with Crippen molar-refractivity contribution in [3.8, 4) is 0 Å². The monoisotopic (exact) mass is 541 g/mol.